The number of carbonyl (C=O) groups is 2. The zero-order valence-corrected chi connectivity index (χ0v) is 12.0. The number of amides is 1. The monoisotopic (exact) mass is 287 g/mol. The summed E-state index contributed by atoms with van der Waals surface area (Å²) in [6, 6.07) is 9.35. The minimum Gasteiger partial charge on any atom is -0.466 e. The lowest BCUT2D eigenvalue weighted by Crippen LogP contribution is -2.20. The van der Waals surface area contributed by atoms with Crippen LogP contribution in [0.4, 0.5) is 0 Å². The number of hydrazone groups is 1. The largest absolute Gasteiger partial charge is 0.466 e. The van der Waals surface area contributed by atoms with Crippen LogP contribution in [0, 0.1) is 0 Å². The second-order valence-corrected chi connectivity index (χ2v) is 4.54. The van der Waals surface area contributed by atoms with Gasteiger partial charge in [-0.2, -0.15) is 5.10 Å². The molecular formula is C15H17N3O3. The van der Waals surface area contributed by atoms with Crippen LogP contribution in [0.3, 0.4) is 0 Å². The maximum Gasteiger partial charge on any atom is 0.311 e. The number of aromatic amines is 1. The number of benzene rings is 1. The molecule has 0 saturated carbocycles. The van der Waals surface area contributed by atoms with E-state index in [1.165, 1.54) is 0 Å². The molecule has 21 heavy (non-hydrogen) atoms. The number of rotatable bonds is 5. The van der Waals surface area contributed by atoms with Gasteiger partial charge in [-0.25, -0.2) is 5.43 Å². The van der Waals surface area contributed by atoms with Crippen LogP contribution < -0.4 is 5.43 Å². The number of para-hydroxylation sites is 1. The number of aromatic nitrogens is 1. The molecule has 1 heterocycles. The highest BCUT2D eigenvalue weighted by atomic mass is 16.5. The Labute approximate surface area is 122 Å². The predicted octanol–water partition coefficient (Wildman–Crippen LogP) is 2.23. The molecule has 0 radical (unpaired) electrons. The predicted molar refractivity (Wildman–Crippen MR) is 80.1 cm³/mol. The van der Waals surface area contributed by atoms with E-state index in [9.17, 15) is 9.59 Å². The van der Waals surface area contributed by atoms with Crippen LogP contribution in [-0.4, -0.2) is 29.2 Å². The summed E-state index contributed by atoms with van der Waals surface area (Å²) in [5.41, 5.74) is 4.21. The lowest BCUT2D eigenvalue weighted by Gasteiger charge is -2.02. The molecule has 110 valence electrons. The minimum atomic E-state index is -0.362. The summed E-state index contributed by atoms with van der Waals surface area (Å²) in [4.78, 5) is 26.2. The van der Waals surface area contributed by atoms with Crippen molar-refractivity contribution in [3.63, 3.8) is 0 Å². The van der Waals surface area contributed by atoms with Gasteiger partial charge in [0.1, 0.15) is 5.69 Å². The van der Waals surface area contributed by atoms with Crippen molar-refractivity contribution < 1.29 is 14.3 Å². The van der Waals surface area contributed by atoms with Gasteiger partial charge < -0.3 is 9.72 Å². The summed E-state index contributed by atoms with van der Waals surface area (Å²) >= 11 is 0. The number of carbonyl (C=O) groups excluding carboxylic acids is 2. The summed E-state index contributed by atoms with van der Waals surface area (Å²) in [7, 11) is 0. The van der Waals surface area contributed by atoms with Gasteiger partial charge in [0.15, 0.2) is 0 Å². The van der Waals surface area contributed by atoms with E-state index in [2.05, 4.69) is 15.5 Å². The molecule has 0 aliphatic heterocycles. The Morgan fingerprint density at radius 3 is 2.81 bits per heavy atom. The molecule has 2 N–H and O–H groups in total. The van der Waals surface area contributed by atoms with Gasteiger partial charge in [0.2, 0.25) is 0 Å². The maximum absolute atomic E-state index is 12.0. The number of H-pyrrole nitrogens is 1. The van der Waals surface area contributed by atoms with Crippen LogP contribution in [0.2, 0.25) is 0 Å². The van der Waals surface area contributed by atoms with E-state index in [1.807, 2.05) is 24.3 Å². The average molecular weight is 287 g/mol. The number of hydrogen-bond acceptors (Lipinski definition) is 4. The fraction of sp³-hybridized carbons (Fsp3) is 0.267. The lowest BCUT2D eigenvalue weighted by molar-refractivity contribution is -0.141. The quantitative estimate of drug-likeness (QED) is 0.502. The molecule has 0 atom stereocenters. The van der Waals surface area contributed by atoms with Crippen molar-refractivity contribution in [3.05, 3.63) is 36.0 Å². The molecule has 1 aromatic heterocycles. The smallest absolute Gasteiger partial charge is 0.311 e. The lowest BCUT2D eigenvalue weighted by atomic mass is 10.2. The fourth-order valence-corrected chi connectivity index (χ4v) is 1.86. The van der Waals surface area contributed by atoms with Crippen molar-refractivity contribution in [2.45, 2.75) is 20.3 Å². The van der Waals surface area contributed by atoms with Gasteiger partial charge in [-0.15, -0.1) is 0 Å². The van der Waals surface area contributed by atoms with Crippen LogP contribution in [-0.2, 0) is 9.53 Å². The van der Waals surface area contributed by atoms with Crippen LogP contribution in [0.25, 0.3) is 10.9 Å². The number of esters is 1. The molecule has 2 rings (SSSR count). The molecule has 6 nitrogen and oxygen atoms in total. The van der Waals surface area contributed by atoms with E-state index >= 15 is 0 Å². The second-order valence-electron chi connectivity index (χ2n) is 4.54. The van der Waals surface area contributed by atoms with E-state index in [-0.39, 0.29) is 18.3 Å². The molecule has 0 bridgehead atoms. The highest BCUT2D eigenvalue weighted by Gasteiger charge is 2.09. The maximum atomic E-state index is 12.0. The molecule has 1 amide bonds. The van der Waals surface area contributed by atoms with Gasteiger partial charge in [-0.3, -0.25) is 9.59 Å². The Balaban J connectivity index is 1.99. The first-order valence-corrected chi connectivity index (χ1v) is 6.67. The van der Waals surface area contributed by atoms with Crippen molar-refractivity contribution in [1.29, 1.82) is 0 Å². The Kier molecular flexibility index (Phi) is 4.71. The first-order valence-electron chi connectivity index (χ1n) is 6.67. The van der Waals surface area contributed by atoms with E-state index in [1.54, 1.807) is 19.9 Å². The highest BCUT2D eigenvalue weighted by Crippen LogP contribution is 2.14. The van der Waals surface area contributed by atoms with Crippen molar-refractivity contribution in [3.8, 4) is 0 Å². The molecule has 0 saturated heterocycles. The van der Waals surface area contributed by atoms with Gasteiger partial charge >= 0.3 is 5.97 Å². The van der Waals surface area contributed by atoms with Crippen LogP contribution in [0.5, 0.6) is 0 Å². The number of nitrogens with one attached hydrogen (secondary N) is 2. The van der Waals surface area contributed by atoms with Gasteiger partial charge in [0.25, 0.3) is 5.91 Å². The molecule has 2 aromatic rings. The molecule has 1 aromatic carbocycles. The third kappa shape index (κ3) is 3.92. The van der Waals surface area contributed by atoms with E-state index in [0.717, 1.165) is 10.9 Å². The molecule has 0 fully saturated rings. The Morgan fingerprint density at radius 2 is 2.10 bits per heavy atom. The summed E-state index contributed by atoms with van der Waals surface area (Å²) in [6.07, 6.45) is 0.0564. The third-order valence-corrected chi connectivity index (χ3v) is 2.83. The van der Waals surface area contributed by atoms with Crippen LogP contribution >= 0.6 is 0 Å². The zero-order valence-electron chi connectivity index (χ0n) is 12.0. The van der Waals surface area contributed by atoms with Gasteiger partial charge in [0.05, 0.1) is 13.0 Å². The minimum absolute atomic E-state index is 0.0564. The van der Waals surface area contributed by atoms with Crippen molar-refractivity contribution in [1.82, 2.24) is 10.4 Å². The first-order chi connectivity index (χ1) is 10.1. The van der Waals surface area contributed by atoms with Gasteiger partial charge in [-0.1, -0.05) is 18.2 Å². The third-order valence-electron chi connectivity index (χ3n) is 2.83. The number of fused-ring (bicyclic) bond motifs is 1. The van der Waals surface area contributed by atoms with E-state index in [4.69, 9.17) is 4.74 Å². The van der Waals surface area contributed by atoms with Crippen molar-refractivity contribution in [2.75, 3.05) is 6.61 Å². The molecule has 6 heteroatoms. The molecular weight excluding hydrogens is 270 g/mol. The Morgan fingerprint density at radius 1 is 1.33 bits per heavy atom. The van der Waals surface area contributed by atoms with E-state index in [0.29, 0.717) is 18.0 Å². The number of hydrogen-bond donors (Lipinski definition) is 2. The normalized spacial score (nSPS) is 11.4. The standard InChI is InChI=1S/C15H17N3O3/c1-3-21-14(19)8-10(2)17-18-15(20)13-9-11-6-4-5-7-12(11)16-13/h4-7,9,16H,3,8H2,1-2H3,(H,18,20). The van der Waals surface area contributed by atoms with E-state index < -0.39 is 0 Å². The van der Waals surface area contributed by atoms with Crippen molar-refractivity contribution >= 4 is 28.5 Å². The summed E-state index contributed by atoms with van der Waals surface area (Å²) in [5, 5.41) is 4.84. The van der Waals surface area contributed by atoms with Crippen LogP contribution in [0.15, 0.2) is 35.4 Å². The Hall–Kier alpha value is -2.63. The van der Waals surface area contributed by atoms with Crippen LogP contribution in [0.1, 0.15) is 30.8 Å². The highest BCUT2D eigenvalue weighted by molar-refractivity contribution is 6.00. The van der Waals surface area contributed by atoms with Crippen molar-refractivity contribution in [2.24, 2.45) is 5.10 Å². The SMILES string of the molecule is CCOC(=O)CC(C)=NNC(=O)c1cc2ccccc2[nH]1. The summed E-state index contributed by atoms with van der Waals surface area (Å²) < 4.78 is 4.81. The first kappa shape index (κ1) is 14.8. The second kappa shape index (κ2) is 6.69. The van der Waals surface area contributed by atoms with Gasteiger partial charge in [0, 0.05) is 16.6 Å². The average Bonchev–Trinajstić information content (AvgIpc) is 2.89. The molecule has 0 aliphatic carbocycles. The van der Waals surface area contributed by atoms with Gasteiger partial charge in [-0.05, 0) is 26.0 Å². The number of nitrogens with zero attached hydrogens (tertiary/aromatic N) is 1. The molecule has 0 unspecified atom stereocenters. The summed E-state index contributed by atoms with van der Waals surface area (Å²) in [5.74, 6) is -0.715. The summed E-state index contributed by atoms with van der Waals surface area (Å²) in [6.45, 7) is 3.72. The number of ether oxygens (including phenoxy) is 1. The zero-order chi connectivity index (χ0) is 15.2. The molecule has 0 aliphatic rings. The molecule has 0 spiro atoms. The topological polar surface area (TPSA) is 83.5 Å². The Bertz CT molecular complexity index is 655. The fourth-order valence-electron chi connectivity index (χ4n) is 1.86.